The Bertz CT molecular complexity index is 669. The number of benzene rings is 1. The van der Waals surface area contributed by atoms with Crippen LogP contribution in [0.2, 0.25) is 0 Å². The fourth-order valence-corrected chi connectivity index (χ4v) is 3.16. The van der Waals surface area contributed by atoms with Crippen LogP contribution in [0, 0.1) is 6.92 Å². The highest BCUT2D eigenvalue weighted by molar-refractivity contribution is 5.82. The first-order valence-electron chi connectivity index (χ1n) is 7.36. The van der Waals surface area contributed by atoms with Gasteiger partial charge in [-0.2, -0.15) is 0 Å². The molecule has 0 N–H and O–H groups in total. The summed E-state index contributed by atoms with van der Waals surface area (Å²) in [6.45, 7) is 3.72. The van der Waals surface area contributed by atoms with Crippen molar-refractivity contribution < 1.29 is 9.53 Å². The molecule has 1 aromatic carbocycles. The maximum absolute atomic E-state index is 11.9. The lowest BCUT2D eigenvalue weighted by Crippen LogP contribution is -2.36. The van der Waals surface area contributed by atoms with Gasteiger partial charge in [-0.25, -0.2) is 0 Å². The van der Waals surface area contributed by atoms with Gasteiger partial charge in [-0.05, 0) is 44.0 Å². The fraction of sp³-hybridized carbons (Fsp3) is 0.412. The normalized spacial score (nSPS) is 19.0. The summed E-state index contributed by atoms with van der Waals surface area (Å²) in [7, 11) is 1.46. The molecule has 1 atom stereocenters. The van der Waals surface area contributed by atoms with Gasteiger partial charge in [0.05, 0.1) is 12.6 Å². The van der Waals surface area contributed by atoms with E-state index in [1.165, 1.54) is 18.1 Å². The van der Waals surface area contributed by atoms with Crippen LogP contribution in [-0.4, -0.2) is 35.5 Å². The van der Waals surface area contributed by atoms with Crippen molar-refractivity contribution in [1.82, 2.24) is 9.88 Å². The van der Waals surface area contributed by atoms with E-state index in [1.54, 1.807) is 0 Å². The van der Waals surface area contributed by atoms with Crippen LogP contribution in [0.1, 0.15) is 24.1 Å². The number of likely N-dealkylation sites (tertiary alicyclic amines) is 1. The number of carbonyl (C=O) groups excluding carboxylic acids is 1. The van der Waals surface area contributed by atoms with E-state index in [9.17, 15) is 4.79 Å². The minimum absolute atomic E-state index is 0.109. The summed E-state index contributed by atoms with van der Waals surface area (Å²) in [5.41, 5.74) is 3.26. The van der Waals surface area contributed by atoms with Gasteiger partial charge in [0, 0.05) is 17.6 Å². The van der Waals surface area contributed by atoms with Crippen molar-refractivity contribution in [2.45, 2.75) is 32.4 Å². The number of carbonyl (C=O) groups is 1. The molecule has 2 aromatic rings. The topological polar surface area (TPSA) is 42.4 Å². The van der Waals surface area contributed by atoms with E-state index in [2.05, 4.69) is 22.0 Å². The summed E-state index contributed by atoms with van der Waals surface area (Å²) in [5, 5.41) is 1.17. The number of rotatable bonds is 3. The molecule has 1 saturated heterocycles. The summed E-state index contributed by atoms with van der Waals surface area (Å²) < 4.78 is 4.92. The Hall–Kier alpha value is -1.94. The molecule has 3 rings (SSSR count). The van der Waals surface area contributed by atoms with Crippen LogP contribution in [0.15, 0.2) is 30.3 Å². The van der Waals surface area contributed by atoms with Gasteiger partial charge >= 0.3 is 5.97 Å². The Morgan fingerprint density at radius 1 is 1.43 bits per heavy atom. The van der Waals surface area contributed by atoms with E-state index in [4.69, 9.17) is 4.74 Å². The van der Waals surface area contributed by atoms with Crippen molar-refractivity contribution in [2.75, 3.05) is 13.7 Å². The number of hydrogen-bond acceptors (Lipinski definition) is 4. The van der Waals surface area contributed by atoms with Gasteiger partial charge in [-0.15, -0.1) is 0 Å². The molecule has 0 spiro atoms. The molecule has 1 aliphatic heterocycles. The highest BCUT2D eigenvalue weighted by Crippen LogP contribution is 2.25. The smallest absolute Gasteiger partial charge is 0.323 e. The van der Waals surface area contributed by atoms with Gasteiger partial charge in [-0.3, -0.25) is 14.7 Å². The standard InChI is InChI=1S/C17H20N2O2/c1-12-10-13(14-6-3-4-7-15(14)18-12)11-19-9-5-8-16(19)17(20)21-2/h3-4,6-7,10,16H,5,8-9,11H2,1-2H3. The Balaban J connectivity index is 1.92. The van der Waals surface area contributed by atoms with Gasteiger partial charge in [0.15, 0.2) is 0 Å². The molecule has 2 heterocycles. The Morgan fingerprint density at radius 3 is 3.05 bits per heavy atom. The molecule has 110 valence electrons. The second kappa shape index (κ2) is 5.82. The second-order valence-corrected chi connectivity index (χ2v) is 5.59. The fourth-order valence-electron chi connectivity index (χ4n) is 3.16. The first-order valence-corrected chi connectivity index (χ1v) is 7.36. The SMILES string of the molecule is COC(=O)C1CCCN1Cc1cc(C)nc2ccccc12. The maximum Gasteiger partial charge on any atom is 0.323 e. The molecular formula is C17H20N2O2. The third-order valence-electron chi connectivity index (χ3n) is 4.14. The Morgan fingerprint density at radius 2 is 2.24 bits per heavy atom. The largest absolute Gasteiger partial charge is 0.468 e. The third kappa shape index (κ3) is 2.76. The lowest BCUT2D eigenvalue weighted by atomic mass is 10.1. The number of methoxy groups -OCH3 is 1. The van der Waals surface area contributed by atoms with Crippen molar-refractivity contribution in [3.05, 3.63) is 41.6 Å². The minimum Gasteiger partial charge on any atom is -0.468 e. The number of aromatic nitrogens is 1. The average molecular weight is 284 g/mol. The zero-order valence-corrected chi connectivity index (χ0v) is 12.5. The van der Waals surface area contributed by atoms with Crippen LogP contribution in [-0.2, 0) is 16.1 Å². The lowest BCUT2D eigenvalue weighted by Gasteiger charge is -2.23. The van der Waals surface area contributed by atoms with Gasteiger partial charge in [0.2, 0.25) is 0 Å². The van der Waals surface area contributed by atoms with Crippen LogP contribution in [0.4, 0.5) is 0 Å². The van der Waals surface area contributed by atoms with E-state index in [1.807, 2.05) is 25.1 Å². The quantitative estimate of drug-likeness (QED) is 0.813. The highest BCUT2D eigenvalue weighted by atomic mass is 16.5. The summed E-state index contributed by atoms with van der Waals surface area (Å²) in [6, 6.07) is 10.2. The van der Waals surface area contributed by atoms with Crippen molar-refractivity contribution in [3.63, 3.8) is 0 Å². The predicted octanol–water partition coefficient (Wildman–Crippen LogP) is 2.68. The number of nitrogens with zero attached hydrogens (tertiary/aromatic N) is 2. The molecule has 0 amide bonds. The zero-order valence-electron chi connectivity index (χ0n) is 12.5. The summed E-state index contributed by atoms with van der Waals surface area (Å²) in [4.78, 5) is 18.7. The van der Waals surface area contributed by atoms with Crippen LogP contribution >= 0.6 is 0 Å². The number of fused-ring (bicyclic) bond motifs is 1. The Kier molecular flexibility index (Phi) is 3.88. The van der Waals surface area contributed by atoms with E-state index in [0.717, 1.165) is 37.1 Å². The lowest BCUT2D eigenvalue weighted by molar-refractivity contribution is -0.146. The minimum atomic E-state index is -0.123. The van der Waals surface area contributed by atoms with E-state index < -0.39 is 0 Å². The third-order valence-corrected chi connectivity index (χ3v) is 4.14. The second-order valence-electron chi connectivity index (χ2n) is 5.59. The molecule has 0 aliphatic carbocycles. The molecule has 0 saturated carbocycles. The van der Waals surface area contributed by atoms with E-state index in [0.29, 0.717) is 0 Å². The molecule has 1 aliphatic rings. The number of pyridine rings is 1. The number of ether oxygens (including phenoxy) is 1. The molecule has 0 bridgehead atoms. The number of aryl methyl sites for hydroxylation is 1. The van der Waals surface area contributed by atoms with Crippen LogP contribution in [0.25, 0.3) is 10.9 Å². The highest BCUT2D eigenvalue weighted by Gasteiger charge is 2.31. The van der Waals surface area contributed by atoms with Crippen LogP contribution in [0.5, 0.6) is 0 Å². The molecule has 0 radical (unpaired) electrons. The predicted molar refractivity (Wildman–Crippen MR) is 81.9 cm³/mol. The average Bonchev–Trinajstić information content (AvgIpc) is 2.94. The number of para-hydroxylation sites is 1. The molecule has 4 heteroatoms. The summed E-state index contributed by atoms with van der Waals surface area (Å²) in [6.07, 6.45) is 1.93. The first kappa shape index (κ1) is 14.0. The number of esters is 1. The van der Waals surface area contributed by atoms with Gasteiger partial charge < -0.3 is 4.74 Å². The molecule has 1 fully saturated rings. The number of hydrogen-bond donors (Lipinski definition) is 0. The van der Waals surface area contributed by atoms with Crippen LogP contribution in [0.3, 0.4) is 0 Å². The molecule has 21 heavy (non-hydrogen) atoms. The Labute approximate surface area is 124 Å². The summed E-state index contributed by atoms with van der Waals surface area (Å²) >= 11 is 0. The van der Waals surface area contributed by atoms with Crippen molar-refractivity contribution >= 4 is 16.9 Å². The zero-order chi connectivity index (χ0) is 14.8. The van der Waals surface area contributed by atoms with Gasteiger partial charge in [-0.1, -0.05) is 18.2 Å². The molecule has 1 unspecified atom stereocenters. The molecular weight excluding hydrogens is 264 g/mol. The van der Waals surface area contributed by atoms with Crippen molar-refractivity contribution in [2.24, 2.45) is 0 Å². The molecule has 1 aromatic heterocycles. The van der Waals surface area contributed by atoms with Gasteiger partial charge in [0.25, 0.3) is 0 Å². The first-order chi connectivity index (χ1) is 10.2. The van der Waals surface area contributed by atoms with Crippen molar-refractivity contribution in [1.29, 1.82) is 0 Å². The van der Waals surface area contributed by atoms with Crippen molar-refractivity contribution in [3.8, 4) is 0 Å². The monoisotopic (exact) mass is 284 g/mol. The van der Waals surface area contributed by atoms with Crippen LogP contribution < -0.4 is 0 Å². The molecule has 4 nitrogen and oxygen atoms in total. The van der Waals surface area contributed by atoms with E-state index >= 15 is 0 Å². The maximum atomic E-state index is 11.9. The van der Waals surface area contributed by atoms with E-state index in [-0.39, 0.29) is 12.0 Å². The summed E-state index contributed by atoms with van der Waals surface area (Å²) in [5.74, 6) is -0.123. The van der Waals surface area contributed by atoms with Gasteiger partial charge in [0.1, 0.15) is 6.04 Å².